The van der Waals surface area contributed by atoms with Crippen LogP contribution in [0.25, 0.3) is 0 Å². The second-order valence-corrected chi connectivity index (χ2v) is 5.89. The number of nitrogens with one attached hydrogen (secondary N) is 1. The van der Waals surface area contributed by atoms with Gasteiger partial charge < -0.3 is 10.2 Å². The lowest BCUT2D eigenvalue weighted by molar-refractivity contribution is 0.269. The Morgan fingerprint density at radius 2 is 1.76 bits per heavy atom. The third kappa shape index (κ3) is 8.62. The molecule has 0 saturated heterocycles. The Kier molecular flexibility index (Phi) is 8.89. The zero-order valence-corrected chi connectivity index (χ0v) is 13.0. The summed E-state index contributed by atoms with van der Waals surface area (Å²) >= 11 is 0. The van der Waals surface area contributed by atoms with Gasteiger partial charge in [-0.05, 0) is 57.3 Å². The lowest BCUT2D eigenvalue weighted by Gasteiger charge is -2.20. The Morgan fingerprint density at radius 1 is 1.18 bits per heavy atom. The first kappa shape index (κ1) is 16.9. The Hall–Kier alpha value is -0.0800. The first-order valence-electron chi connectivity index (χ1n) is 7.39. The third-order valence-corrected chi connectivity index (χ3v) is 3.65. The van der Waals surface area contributed by atoms with Crippen LogP contribution in [-0.4, -0.2) is 38.1 Å². The van der Waals surface area contributed by atoms with Gasteiger partial charge in [0.05, 0.1) is 0 Å². The van der Waals surface area contributed by atoms with Crippen LogP contribution in [0.1, 0.15) is 53.9 Å². The van der Waals surface area contributed by atoms with Crippen LogP contribution in [0.15, 0.2) is 0 Å². The van der Waals surface area contributed by atoms with Gasteiger partial charge in [0, 0.05) is 6.54 Å². The molecule has 0 aromatic heterocycles. The topological polar surface area (TPSA) is 15.3 Å². The van der Waals surface area contributed by atoms with Gasteiger partial charge in [0.1, 0.15) is 0 Å². The predicted molar refractivity (Wildman–Crippen MR) is 78.5 cm³/mol. The quantitative estimate of drug-likeness (QED) is 0.736. The van der Waals surface area contributed by atoms with Crippen LogP contribution in [0.3, 0.4) is 0 Å². The van der Waals surface area contributed by atoms with Crippen LogP contribution in [0, 0.1) is 11.3 Å². The summed E-state index contributed by atoms with van der Waals surface area (Å²) in [5, 5.41) is 3.25. The predicted octanol–water partition coefficient (Wildman–Crippen LogP) is 3.38. The molecule has 0 unspecified atom stereocenters. The second kappa shape index (κ2) is 8.93. The standard InChI is InChI=1S/C9H19N.C6H15N/c1-4-9(6-7-9)8-10(3)5-2;1-4-7-5-6(2)3/h4-8H2,1-3H3;6-7H,4-5H2,1-3H3. The molecule has 0 amide bonds. The highest BCUT2D eigenvalue weighted by Gasteiger charge is 2.40. The number of hydrogen-bond donors (Lipinski definition) is 1. The van der Waals surface area contributed by atoms with Crippen molar-refractivity contribution in [3.8, 4) is 0 Å². The van der Waals surface area contributed by atoms with E-state index in [-0.39, 0.29) is 0 Å². The van der Waals surface area contributed by atoms with Crippen LogP contribution in [0.4, 0.5) is 0 Å². The van der Waals surface area contributed by atoms with Gasteiger partial charge in [-0.2, -0.15) is 0 Å². The zero-order valence-electron chi connectivity index (χ0n) is 13.0. The van der Waals surface area contributed by atoms with E-state index in [0.717, 1.165) is 24.4 Å². The van der Waals surface area contributed by atoms with Gasteiger partial charge in [-0.15, -0.1) is 0 Å². The van der Waals surface area contributed by atoms with E-state index in [2.05, 4.69) is 51.9 Å². The van der Waals surface area contributed by atoms with E-state index in [1.807, 2.05) is 0 Å². The lowest BCUT2D eigenvalue weighted by atomic mass is 10.0. The van der Waals surface area contributed by atoms with Crippen molar-refractivity contribution >= 4 is 0 Å². The van der Waals surface area contributed by atoms with E-state index < -0.39 is 0 Å². The summed E-state index contributed by atoms with van der Waals surface area (Å²) < 4.78 is 0. The third-order valence-electron chi connectivity index (χ3n) is 3.65. The Morgan fingerprint density at radius 3 is 2.00 bits per heavy atom. The normalized spacial score (nSPS) is 16.9. The molecule has 1 saturated carbocycles. The second-order valence-electron chi connectivity index (χ2n) is 5.89. The maximum absolute atomic E-state index is 3.25. The van der Waals surface area contributed by atoms with E-state index >= 15 is 0 Å². The summed E-state index contributed by atoms with van der Waals surface area (Å²) in [6.45, 7) is 15.9. The van der Waals surface area contributed by atoms with Crippen molar-refractivity contribution in [2.24, 2.45) is 11.3 Å². The average Bonchev–Trinajstić information content (AvgIpc) is 3.07. The first-order valence-corrected chi connectivity index (χ1v) is 7.39. The van der Waals surface area contributed by atoms with Crippen molar-refractivity contribution in [1.82, 2.24) is 10.2 Å². The van der Waals surface area contributed by atoms with Gasteiger partial charge in [-0.25, -0.2) is 0 Å². The molecule has 1 rings (SSSR count). The highest BCUT2D eigenvalue weighted by molar-refractivity contribution is 4.93. The van der Waals surface area contributed by atoms with Crippen LogP contribution in [0.2, 0.25) is 0 Å². The monoisotopic (exact) mass is 242 g/mol. The Balaban J connectivity index is 0.000000325. The van der Waals surface area contributed by atoms with Crippen molar-refractivity contribution in [1.29, 1.82) is 0 Å². The fourth-order valence-electron chi connectivity index (χ4n) is 1.92. The molecule has 0 aromatic carbocycles. The summed E-state index contributed by atoms with van der Waals surface area (Å²) in [6.07, 6.45) is 4.30. The molecule has 0 radical (unpaired) electrons. The summed E-state index contributed by atoms with van der Waals surface area (Å²) in [7, 11) is 2.22. The van der Waals surface area contributed by atoms with Gasteiger partial charge in [0.2, 0.25) is 0 Å². The molecule has 0 spiro atoms. The van der Waals surface area contributed by atoms with E-state index in [4.69, 9.17) is 0 Å². The summed E-state index contributed by atoms with van der Waals surface area (Å²) in [4.78, 5) is 2.43. The summed E-state index contributed by atoms with van der Waals surface area (Å²) in [5.41, 5.74) is 0.741. The Bertz CT molecular complexity index is 174. The van der Waals surface area contributed by atoms with Gasteiger partial charge in [-0.3, -0.25) is 0 Å². The maximum atomic E-state index is 3.25. The van der Waals surface area contributed by atoms with Crippen molar-refractivity contribution < 1.29 is 0 Å². The fraction of sp³-hybridized carbons (Fsp3) is 1.00. The van der Waals surface area contributed by atoms with E-state index in [9.17, 15) is 0 Å². The van der Waals surface area contributed by atoms with Crippen molar-refractivity contribution in [3.63, 3.8) is 0 Å². The SMILES string of the molecule is CCN(C)CC1(CC)CC1.CCNCC(C)C. The van der Waals surface area contributed by atoms with E-state index in [1.165, 1.54) is 32.4 Å². The molecule has 0 bridgehead atoms. The molecular weight excluding hydrogens is 208 g/mol. The molecule has 1 N–H and O–H groups in total. The molecule has 0 heterocycles. The molecule has 1 fully saturated rings. The molecule has 0 aromatic rings. The maximum Gasteiger partial charge on any atom is 0.00347 e. The van der Waals surface area contributed by atoms with Gasteiger partial charge in [0.25, 0.3) is 0 Å². The summed E-state index contributed by atoms with van der Waals surface area (Å²) in [5.74, 6) is 0.792. The highest BCUT2D eigenvalue weighted by atomic mass is 15.1. The molecule has 1 aliphatic rings. The minimum absolute atomic E-state index is 0.741. The van der Waals surface area contributed by atoms with Gasteiger partial charge >= 0.3 is 0 Å². The lowest BCUT2D eigenvalue weighted by Crippen LogP contribution is -2.25. The van der Waals surface area contributed by atoms with E-state index in [1.54, 1.807) is 0 Å². The molecular formula is C15H34N2. The van der Waals surface area contributed by atoms with Gasteiger partial charge in [-0.1, -0.05) is 34.6 Å². The smallest absolute Gasteiger partial charge is 0.00347 e. The van der Waals surface area contributed by atoms with Crippen molar-refractivity contribution in [2.75, 3.05) is 33.2 Å². The fourth-order valence-corrected chi connectivity index (χ4v) is 1.92. The largest absolute Gasteiger partial charge is 0.317 e. The zero-order chi connectivity index (χ0) is 13.3. The number of nitrogens with zero attached hydrogens (tertiary/aromatic N) is 1. The van der Waals surface area contributed by atoms with Crippen LogP contribution < -0.4 is 5.32 Å². The molecule has 2 heteroatoms. The number of hydrogen-bond acceptors (Lipinski definition) is 2. The van der Waals surface area contributed by atoms with Crippen LogP contribution in [-0.2, 0) is 0 Å². The van der Waals surface area contributed by atoms with Crippen LogP contribution in [0.5, 0.6) is 0 Å². The molecule has 1 aliphatic carbocycles. The molecule has 2 nitrogen and oxygen atoms in total. The molecule has 0 aliphatic heterocycles. The van der Waals surface area contributed by atoms with Crippen LogP contribution >= 0.6 is 0 Å². The van der Waals surface area contributed by atoms with Gasteiger partial charge in [0.15, 0.2) is 0 Å². The molecule has 17 heavy (non-hydrogen) atoms. The minimum Gasteiger partial charge on any atom is -0.317 e. The first-order chi connectivity index (χ1) is 7.99. The highest BCUT2D eigenvalue weighted by Crippen LogP contribution is 2.48. The molecule has 104 valence electrons. The number of rotatable bonds is 7. The average molecular weight is 242 g/mol. The summed E-state index contributed by atoms with van der Waals surface area (Å²) in [6, 6.07) is 0. The Labute approximate surface area is 109 Å². The minimum atomic E-state index is 0.741. The van der Waals surface area contributed by atoms with Crippen molar-refractivity contribution in [2.45, 2.75) is 53.9 Å². The van der Waals surface area contributed by atoms with Crippen molar-refractivity contribution in [3.05, 3.63) is 0 Å². The van der Waals surface area contributed by atoms with E-state index in [0.29, 0.717) is 0 Å². The molecule has 0 atom stereocenters.